The number of rotatable bonds is 6. The Morgan fingerprint density at radius 3 is 2.31 bits per heavy atom. The van der Waals surface area contributed by atoms with Crippen molar-refractivity contribution in [1.82, 2.24) is 4.90 Å². The van der Waals surface area contributed by atoms with Crippen molar-refractivity contribution in [1.29, 1.82) is 0 Å². The van der Waals surface area contributed by atoms with Gasteiger partial charge in [-0.2, -0.15) is 0 Å². The summed E-state index contributed by atoms with van der Waals surface area (Å²) >= 11 is 0. The molecular weight excluding hydrogens is 506 g/mol. The van der Waals surface area contributed by atoms with E-state index in [-0.39, 0.29) is 24.5 Å². The summed E-state index contributed by atoms with van der Waals surface area (Å²) in [7, 11) is 3.82. The van der Waals surface area contributed by atoms with E-state index in [1.54, 1.807) is 13.8 Å². The van der Waals surface area contributed by atoms with Crippen molar-refractivity contribution in [3.05, 3.63) is 0 Å². The minimum Gasteiger partial charge on any atom is -0.459 e. The van der Waals surface area contributed by atoms with Crippen molar-refractivity contribution >= 4 is 5.97 Å². The Morgan fingerprint density at radius 1 is 1.13 bits per heavy atom. The maximum absolute atomic E-state index is 13.4. The fraction of sp³-hybridized carbons (Fsp3) is 0.966. The molecule has 3 rings (SSSR count). The van der Waals surface area contributed by atoms with Gasteiger partial charge in [0.2, 0.25) is 0 Å². The molecule has 0 aromatic carbocycles. The number of hydrogen-bond acceptors (Lipinski definition) is 10. The molecule has 15 atom stereocenters. The van der Waals surface area contributed by atoms with Crippen LogP contribution in [0, 0.1) is 23.7 Å². The molecule has 0 aromatic heterocycles. The van der Waals surface area contributed by atoms with Crippen LogP contribution in [0.15, 0.2) is 0 Å². The third-order valence-corrected chi connectivity index (χ3v) is 9.63. The summed E-state index contributed by atoms with van der Waals surface area (Å²) in [5.41, 5.74) is -2.63. The number of fused-ring (bicyclic) bond motifs is 2. The van der Waals surface area contributed by atoms with E-state index in [0.29, 0.717) is 12.8 Å². The average Bonchev–Trinajstić information content (AvgIpc) is 3.18. The molecule has 10 nitrogen and oxygen atoms in total. The lowest BCUT2D eigenvalue weighted by molar-refractivity contribution is -0.301. The van der Waals surface area contributed by atoms with Gasteiger partial charge >= 0.3 is 5.97 Å². The zero-order valence-corrected chi connectivity index (χ0v) is 25.4. The van der Waals surface area contributed by atoms with Crippen LogP contribution in [0.4, 0.5) is 0 Å². The first-order valence-electron chi connectivity index (χ1n) is 14.6. The number of ether oxygens (including phenoxy) is 4. The molecule has 3 aliphatic rings. The van der Waals surface area contributed by atoms with Gasteiger partial charge in [0.1, 0.15) is 17.8 Å². The Bertz CT molecular complexity index is 840. The van der Waals surface area contributed by atoms with E-state index >= 15 is 0 Å². The third-order valence-electron chi connectivity index (χ3n) is 9.63. The number of aliphatic hydroxyl groups is 4. The van der Waals surface area contributed by atoms with Crippen molar-refractivity contribution in [2.24, 2.45) is 23.7 Å². The summed E-state index contributed by atoms with van der Waals surface area (Å²) in [4.78, 5) is 15.3. The van der Waals surface area contributed by atoms with Crippen molar-refractivity contribution in [2.75, 3.05) is 14.1 Å². The number of nitrogens with zero attached hydrogens (tertiary/aromatic N) is 1. The highest BCUT2D eigenvalue weighted by Crippen LogP contribution is 2.47. The molecule has 0 aromatic rings. The van der Waals surface area contributed by atoms with Gasteiger partial charge in [-0.1, -0.05) is 27.7 Å². The van der Waals surface area contributed by atoms with E-state index in [2.05, 4.69) is 0 Å². The summed E-state index contributed by atoms with van der Waals surface area (Å²) in [6, 6.07) is -0.174. The minimum absolute atomic E-state index is 0.0151. The second-order valence-electron chi connectivity index (χ2n) is 13.2. The van der Waals surface area contributed by atoms with E-state index in [0.717, 1.165) is 0 Å². The summed E-state index contributed by atoms with van der Waals surface area (Å²) in [6.07, 6.45) is -5.06. The maximum Gasteiger partial charge on any atom is 0.311 e. The van der Waals surface area contributed by atoms with Gasteiger partial charge < -0.3 is 44.3 Å². The fourth-order valence-corrected chi connectivity index (χ4v) is 7.20. The normalized spacial score (nSPS) is 48.2. The Labute approximate surface area is 233 Å². The molecule has 0 saturated carbocycles. The van der Waals surface area contributed by atoms with Crippen LogP contribution in [-0.2, 0) is 23.7 Å². The zero-order chi connectivity index (χ0) is 29.6. The van der Waals surface area contributed by atoms with Crippen LogP contribution in [0.25, 0.3) is 0 Å². The molecule has 0 amide bonds. The number of esters is 1. The maximum atomic E-state index is 13.4. The largest absolute Gasteiger partial charge is 0.459 e. The van der Waals surface area contributed by atoms with Gasteiger partial charge in [-0.25, -0.2) is 0 Å². The standard InChI is InChI=1S/C29H53NO9/c1-11-20(31)29(8,35)25-18(6)23-14(2)13-28(7,39-23)24(16(4)21(32)17(5)26(34)37-25)38-27-22(33)19(30(9)10)12-15(3)36-27/h14-25,27,31-33,35H,11-13H2,1-10H3/t14?,15-,16+,17-,18+,19+,20-,21+,22-,23?,24-,25-,27+,28-,29-/m1/s1. The highest BCUT2D eigenvalue weighted by atomic mass is 16.7. The zero-order valence-electron chi connectivity index (χ0n) is 25.4. The number of cyclic esters (lactones) is 1. The lowest BCUT2D eigenvalue weighted by Gasteiger charge is -2.46. The van der Waals surface area contributed by atoms with E-state index in [4.69, 9.17) is 18.9 Å². The Hall–Kier alpha value is -0.850. The second kappa shape index (κ2) is 12.2. The van der Waals surface area contributed by atoms with Crippen molar-refractivity contribution in [2.45, 2.75) is 141 Å². The van der Waals surface area contributed by atoms with Gasteiger partial charge in [0, 0.05) is 17.9 Å². The topological polar surface area (TPSA) is 138 Å². The van der Waals surface area contributed by atoms with Crippen LogP contribution in [0.5, 0.6) is 0 Å². The van der Waals surface area contributed by atoms with E-state index < -0.39 is 77.8 Å². The van der Waals surface area contributed by atoms with E-state index in [1.165, 1.54) is 6.92 Å². The number of carbonyl (C=O) groups excluding carboxylic acids is 1. The average molecular weight is 560 g/mol. The number of hydrogen-bond donors (Lipinski definition) is 4. The van der Waals surface area contributed by atoms with Crippen molar-refractivity contribution < 1.29 is 44.2 Å². The molecule has 3 heterocycles. The summed E-state index contributed by atoms with van der Waals surface area (Å²) in [5.74, 6) is -2.70. The highest BCUT2D eigenvalue weighted by Gasteiger charge is 2.57. The van der Waals surface area contributed by atoms with Gasteiger partial charge in [0.05, 0.1) is 42.0 Å². The molecule has 228 valence electrons. The molecule has 3 fully saturated rings. The smallest absolute Gasteiger partial charge is 0.311 e. The first kappa shape index (κ1) is 32.7. The van der Waals surface area contributed by atoms with Gasteiger partial charge in [-0.15, -0.1) is 0 Å². The summed E-state index contributed by atoms with van der Waals surface area (Å²) < 4.78 is 25.3. The quantitative estimate of drug-likeness (QED) is 0.356. The van der Waals surface area contributed by atoms with Crippen molar-refractivity contribution in [3.63, 3.8) is 0 Å². The Morgan fingerprint density at radius 2 is 1.74 bits per heavy atom. The van der Waals surface area contributed by atoms with E-state index in [9.17, 15) is 25.2 Å². The SMILES string of the molecule is CC[C@@H](O)[C@@](C)(O)[C@@H]1OC(=O)[C@H](C)[C@@H](O)[C@H](C)[C@@H](O[C@@H]2O[C@H](C)C[C@H](N(C)C)[C@H]2O)[C@@]2(C)CC(C)C(O2)[C@@H]1C. The van der Waals surface area contributed by atoms with Gasteiger partial charge in [-0.05, 0) is 67.0 Å². The molecule has 3 saturated heterocycles. The summed E-state index contributed by atoms with van der Waals surface area (Å²) in [6.45, 7) is 14.4. The van der Waals surface area contributed by atoms with Crippen LogP contribution in [0.2, 0.25) is 0 Å². The number of aliphatic hydroxyl groups excluding tert-OH is 3. The predicted molar refractivity (Wildman–Crippen MR) is 145 cm³/mol. The predicted octanol–water partition coefficient (Wildman–Crippen LogP) is 1.70. The third kappa shape index (κ3) is 6.33. The Kier molecular flexibility index (Phi) is 10.2. The van der Waals surface area contributed by atoms with Gasteiger partial charge in [0.25, 0.3) is 0 Å². The minimum atomic E-state index is -1.73. The first-order valence-corrected chi connectivity index (χ1v) is 14.6. The molecule has 2 bridgehead atoms. The molecular formula is C29H53NO9. The molecule has 10 heteroatoms. The second-order valence-corrected chi connectivity index (χ2v) is 13.2. The van der Waals surface area contributed by atoms with Gasteiger partial charge in [0.15, 0.2) is 6.29 Å². The summed E-state index contributed by atoms with van der Waals surface area (Å²) in [5, 5.41) is 44.7. The van der Waals surface area contributed by atoms with Crippen LogP contribution in [-0.4, -0.2) is 112 Å². The lowest BCUT2D eigenvalue weighted by Crippen LogP contribution is -2.58. The van der Waals surface area contributed by atoms with E-state index in [1.807, 2.05) is 53.6 Å². The molecule has 3 aliphatic heterocycles. The van der Waals surface area contributed by atoms with Crippen LogP contribution >= 0.6 is 0 Å². The van der Waals surface area contributed by atoms with Crippen LogP contribution in [0.1, 0.15) is 74.7 Å². The lowest BCUT2D eigenvalue weighted by atomic mass is 9.76. The van der Waals surface area contributed by atoms with Gasteiger partial charge in [-0.3, -0.25) is 4.79 Å². The van der Waals surface area contributed by atoms with Crippen molar-refractivity contribution in [3.8, 4) is 0 Å². The molecule has 39 heavy (non-hydrogen) atoms. The first-order chi connectivity index (χ1) is 18.0. The molecule has 0 aliphatic carbocycles. The monoisotopic (exact) mass is 559 g/mol. The Balaban J connectivity index is 2.04. The molecule has 2 unspecified atom stereocenters. The fourth-order valence-electron chi connectivity index (χ4n) is 7.20. The molecule has 4 N–H and O–H groups in total. The highest BCUT2D eigenvalue weighted by molar-refractivity contribution is 5.73. The van der Waals surface area contributed by atoms with Crippen LogP contribution < -0.4 is 0 Å². The molecule has 0 radical (unpaired) electrons. The molecule has 0 spiro atoms. The number of likely N-dealkylation sites (N-methyl/N-ethyl adjacent to an activating group) is 1. The number of carbonyl (C=O) groups is 1. The van der Waals surface area contributed by atoms with Crippen LogP contribution in [0.3, 0.4) is 0 Å².